The third-order valence-corrected chi connectivity index (χ3v) is 2.46. The van der Waals surface area contributed by atoms with Gasteiger partial charge in [-0.15, -0.1) is 0 Å². The molecule has 0 spiro atoms. The van der Waals surface area contributed by atoms with Gasteiger partial charge in [0.25, 0.3) is 0 Å². The maximum atomic E-state index is 5.51. The molecule has 0 aliphatic rings. The van der Waals surface area contributed by atoms with Crippen molar-refractivity contribution in [1.82, 2.24) is 9.97 Å². The van der Waals surface area contributed by atoms with Crippen molar-refractivity contribution in [2.24, 2.45) is 0 Å². The van der Waals surface area contributed by atoms with Gasteiger partial charge in [-0.1, -0.05) is 12.1 Å². The number of nitrogens with zero attached hydrogens (tertiary/aromatic N) is 2. The van der Waals surface area contributed by atoms with E-state index in [0.29, 0.717) is 12.6 Å². The standard InChI is InChI=1S/C12H12BrN3O/c1-2-17-11-6-4-3-5-10(11)16-12-14-7-9(13)8-15-12/h3-8H,2H2,1H3,(H,14,15,16). The lowest BCUT2D eigenvalue weighted by Crippen LogP contribution is -2.00. The lowest BCUT2D eigenvalue weighted by atomic mass is 10.3. The van der Waals surface area contributed by atoms with Crippen LogP contribution >= 0.6 is 15.9 Å². The second-order valence-electron chi connectivity index (χ2n) is 3.28. The molecular weight excluding hydrogens is 282 g/mol. The number of benzene rings is 1. The number of ether oxygens (including phenoxy) is 1. The minimum atomic E-state index is 0.542. The molecule has 0 fully saturated rings. The highest BCUT2D eigenvalue weighted by molar-refractivity contribution is 9.10. The molecule has 1 N–H and O–H groups in total. The summed E-state index contributed by atoms with van der Waals surface area (Å²) < 4.78 is 6.35. The van der Waals surface area contributed by atoms with Crippen LogP contribution in [0.25, 0.3) is 0 Å². The maximum absolute atomic E-state index is 5.51. The zero-order chi connectivity index (χ0) is 12.1. The van der Waals surface area contributed by atoms with Crippen molar-refractivity contribution >= 4 is 27.6 Å². The van der Waals surface area contributed by atoms with E-state index in [9.17, 15) is 0 Å². The van der Waals surface area contributed by atoms with Crippen molar-refractivity contribution in [3.63, 3.8) is 0 Å². The molecular formula is C12H12BrN3O. The smallest absolute Gasteiger partial charge is 0.227 e. The van der Waals surface area contributed by atoms with Crippen LogP contribution in [-0.4, -0.2) is 16.6 Å². The molecule has 0 aliphatic carbocycles. The summed E-state index contributed by atoms with van der Waals surface area (Å²) in [5.74, 6) is 1.34. The number of aromatic nitrogens is 2. The largest absolute Gasteiger partial charge is 0.492 e. The van der Waals surface area contributed by atoms with E-state index >= 15 is 0 Å². The van der Waals surface area contributed by atoms with E-state index in [4.69, 9.17) is 4.74 Å². The molecule has 4 nitrogen and oxygen atoms in total. The number of para-hydroxylation sites is 2. The van der Waals surface area contributed by atoms with Gasteiger partial charge in [-0.25, -0.2) is 9.97 Å². The van der Waals surface area contributed by atoms with Gasteiger partial charge < -0.3 is 10.1 Å². The molecule has 1 aromatic carbocycles. The molecule has 0 saturated heterocycles. The molecule has 0 atom stereocenters. The topological polar surface area (TPSA) is 47.0 Å². The lowest BCUT2D eigenvalue weighted by molar-refractivity contribution is 0.342. The summed E-state index contributed by atoms with van der Waals surface area (Å²) in [4.78, 5) is 8.30. The molecule has 2 rings (SSSR count). The minimum Gasteiger partial charge on any atom is -0.492 e. The molecule has 88 valence electrons. The summed E-state index contributed by atoms with van der Waals surface area (Å²) in [6, 6.07) is 7.70. The summed E-state index contributed by atoms with van der Waals surface area (Å²) in [7, 11) is 0. The summed E-state index contributed by atoms with van der Waals surface area (Å²) in [6.45, 7) is 2.58. The minimum absolute atomic E-state index is 0.542. The Morgan fingerprint density at radius 1 is 1.24 bits per heavy atom. The van der Waals surface area contributed by atoms with Gasteiger partial charge in [-0.05, 0) is 35.0 Å². The Morgan fingerprint density at radius 3 is 2.65 bits per heavy atom. The Morgan fingerprint density at radius 2 is 1.94 bits per heavy atom. The summed E-state index contributed by atoms with van der Waals surface area (Å²) >= 11 is 3.29. The molecule has 1 heterocycles. The first-order chi connectivity index (χ1) is 8.29. The van der Waals surface area contributed by atoms with Crippen LogP contribution in [0.4, 0.5) is 11.6 Å². The lowest BCUT2D eigenvalue weighted by Gasteiger charge is -2.10. The third kappa shape index (κ3) is 3.17. The highest BCUT2D eigenvalue weighted by Gasteiger charge is 2.03. The van der Waals surface area contributed by atoms with Crippen LogP contribution in [0.2, 0.25) is 0 Å². The van der Waals surface area contributed by atoms with Crippen LogP contribution in [0, 0.1) is 0 Å². The number of nitrogens with one attached hydrogen (secondary N) is 1. The van der Waals surface area contributed by atoms with Crippen LogP contribution in [0.3, 0.4) is 0 Å². The molecule has 2 aromatic rings. The SMILES string of the molecule is CCOc1ccccc1Nc1ncc(Br)cn1. The van der Waals surface area contributed by atoms with Crippen LogP contribution in [-0.2, 0) is 0 Å². The predicted octanol–water partition coefficient (Wildman–Crippen LogP) is 3.38. The molecule has 1 aromatic heterocycles. The Balaban J connectivity index is 2.20. The number of rotatable bonds is 4. The van der Waals surface area contributed by atoms with Crippen LogP contribution in [0.15, 0.2) is 41.1 Å². The zero-order valence-corrected chi connectivity index (χ0v) is 10.9. The summed E-state index contributed by atoms with van der Waals surface area (Å²) in [6.07, 6.45) is 3.39. The van der Waals surface area contributed by atoms with Crippen molar-refractivity contribution in [2.45, 2.75) is 6.92 Å². The molecule has 0 saturated carbocycles. The number of anilines is 2. The zero-order valence-electron chi connectivity index (χ0n) is 9.35. The first-order valence-electron chi connectivity index (χ1n) is 5.26. The van der Waals surface area contributed by atoms with Crippen molar-refractivity contribution in [2.75, 3.05) is 11.9 Å². The van der Waals surface area contributed by atoms with E-state index in [1.54, 1.807) is 12.4 Å². The first-order valence-corrected chi connectivity index (χ1v) is 6.05. The van der Waals surface area contributed by atoms with Gasteiger partial charge in [0.1, 0.15) is 5.75 Å². The van der Waals surface area contributed by atoms with E-state index in [1.807, 2.05) is 31.2 Å². The van der Waals surface area contributed by atoms with E-state index in [1.165, 1.54) is 0 Å². The van der Waals surface area contributed by atoms with Gasteiger partial charge >= 0.3 is 0 Å². The fraction of sp³-hybridized carbons (Fsp3) is 0.167. The Kier molecular flexibility index (Phi) is 3.93. The molecule has 17 heavy (non-hydrogen) atoms. The molecule has 0 aliphatic heterocycles. The number of hydrogen-bond donors (Lipinski definition) is 1. The number of halogens is 1. The predicted molar refractivity (Wildman–Crippen MR) is 70.6 cm³/mol. The monoisotopic (exact) mass is 293 g/mol. The average molecular weight is 294 g/mol. The van der Waals surface area contributed by atoms with Crippen LogP contribution < -0.4 is 10.1 Å². The maximum Gasteiger partial charge on any atom is 0.227 e. The Bertz CT molecular complexity index is 487. The Labute approximate surface area is 108 Å². The third-order valence-electron chi connectivity index (χ3n) is 2.05. The fourth-order valence-corrected chi connectivity index (χ4v) is 1.55. The molecule has 5 heteroatoms. The van der Waals surface area contributed by atoms with E-state index < -0.39 is 0 Å². The summed E-state index contributed by atoms with van der Waals surface area (Å²) in [5, 5.41) is 3.12. The quantitative estimate of drug-likeness (QED) is 0.939. The molecule has 0 bridgehead atoms. The molecule has 0 unspecified atom stereocenters. The van der Waals surface area contributed by atoms with Crippen LogP contribution in [0.1, 0.15) is 6.92 Å². The van der Waals surface area contributed by atoms with Gasteiger partial charge in [-0.3, -0.25) is 0 Å². The van der Waals surface area contributed by atoms with Gasteiger partial charge in [0.15, 0.2) is 0 Å². The van der Waals surface area contributed by atoms with Gasteiger partial charge in [0, 0.05) is 12.4 Å². The van der Waals surface area contributed by atoms with Gasteiger partial charge in [0.2, 0.25) is 5.95 Å². The van der Waals surface area contributed by atoms with E-state index in [2.05, 4.69) is 31.2 Å². The van der Waals surface area contributed by atoms with Crippen LogP contribution in [0.5, 0.6) is 5.75 Å². The number of hydrogen-bond acceptors (Lipinski definition) is 4. The Hall–Kier alpha value is -1.62. The van der Waals surface area contributed by atoms with E-state index in [-0.39, 0.29) is 0 Å². The summed E-state index contributed by atoms with van der Waals surface area (Å²) in [5.41, 5.74) is 0.858. The highest BCUT2D eigenvalue weighted by atomic mass is 79.9. The van der Waals surface area contributed by atoms with Gasteiger partial charge in [0.05, 0.1) is 16.8 Å². The van der Waals surface area contributed by atoms with Crippen molar-refractivity contribution in [3.05, 3.63) is 41.1 Å². The van der Waals surface area contributed by atoms with Crippen molar-refractivity contribution < 1.29 is 4.74 Å². The molecule has 0 amide bonds. The highest BCUT2D eigenvalue weighted by Crippen LogP contribution is 2.25. The fourth-order valence-electron chi connectivity index (χ4n) is 1.35. The molecule has 0 radical (unpaired) electrons. The second-order valence-corrected chi connectivity index (χ2v) is 4.19. The van der Waals surface area contributed by atoms with E-state index in [0.717, 1.165) is 15.9 Å². The van der Waals surface area contributed by atoms with Crippen molar-refractivity contribution in [1.29, 1.82) is 0 Å². The average Bonchev–Trinajstić information content (AvgIpc) is 2.35. The second kappa shape index (κ2) is 5.63. The van der Waals surface area contributed by atoms with Crippen molar-refractivity contribution in [3.8, 4) is 5.75 Å². The van der Waals surface area contributed by atoms with Gasteiger partial charge in [-0.2, -0.15) is 0 Å². The first kappa shape index (κ1) is 11.9. The normalized spacial score (nSPS) is 10.0.